The molecule has 0 spiro atoms. The molecule has 5 heteroatoms. The molecule has 1 rings (SSSR count). The van der Waals surface area contributed by atoms with Crippen LogP contribution in [0, 0.1) is 0 Å². The molecule has 25 heavy (non-hydrogen) atoms. The predicted molar refractivity (Wildman–Crippen MR) is 106 cm³/mol. The molecule has 0 amide bonds. The van der Waals surface area contributed by atoms with E-state index in [1.54, 1.807) is 0 Å². The second kappa shape index (κ2) is 10.2. The molecule has 1 aliphatic heterocycles. The van der Waals surface area contributed by atoms with Gasteiger partial charge in [0.15, 0.2) is 0 Å². The molecule has 1 saturated heterocycles. The van der Waals surface area contributed by atoms with Gasteiger partial charge in [-0.05, 0) is 54.5 Å². The zero-order valence-electron chi connectivity index (χ0n) is 18.1. The maximum Gasteiger partial charge on any atom is 0.111 e. The first-order valence-corrected chi connectivity index (χ1v) is 10.0. The molecule has 0 N–H and O–H groups in total. The molecule has 1 unspecified atom stereocenters. The Balaban J connectivity index is 2.75. The van der Waals surface area contributed by atoms with Crippen molar-refractivity contribution in [3.63, 3.8) is 0 Å². The van der Waals surface area contributed by atoms with Crippen molar-refractivity contribution in [3.8, 4) is 0 Å². The highest BCUT2D eigenvalue weighted by atomic mass is 16.5. The number of likely N-dealkylation sites (N-methyl/N-ethyl adjacent to an activating group) is 1. The van der Waals surface area contributed by atoms with Gasteiger partial charge in [-0.3, -0.25) is 9.80 Å². The van der Waals surface area contributed by atoms with Gasteiger partial charge in [0.2, 0.25) is 0 Å². The van der Waals surface area contributed by atoms with Crippen LogP contribution < -0.4 is 0 Å². The van der Waals surface area contributed by atoms with E-state index in [1.807, 2.05) is 0 Å². The Morgan fingerprint density at radius 2 is 1.28 bits per heavy atom. The Bertz CT molecular complexity index is 363. The first-order valence-electron chi connectivity index (χ1n) is 10.0. The van der Waals surface area contributed by atoms with Crippen LogP contribution in [0.15, 0.2) is 0 Å². The van der Waals surface area contributed by atoms with Crippen molar-refractivity contribution < 1.29 is 9.47 Å². The van der Waals surface area contributed by atoms with Gasteiger partial charge in [0.05, 0.1) is 17.9 Å². The van der Waals surface area contributed by atoms with E-state index in [9.17, 15) is 0 Å². The molecule has 1 heterocycles. The van der Waals surface area contributed by atoms with Crippen molar-refractivity contribution in [2.24, 2.45) is 0 Å². The number of hydrogen-bond acceptors (Lipinski definition) is 5. The average molecular weight is 358 g/mol. The predicted octanol–water partition coefficient (Wildman–Crippen LogP) is 3.25. The Labute approximate surface area is 156 Å². The van der Waals surface area contributed by atoms with E-state index in [1.165, 1.54) is 0 Å². The van der Waals surface area contributed by atoms with Crippen LogP contribution in [-0.4, -0.2) is 84.7 Å². The third-order valence-corrected chi connectivity index (χ3v) is 4.51. The van der Waals surface area contributed by atoms with Crippen LogP contribution in [0.25, 0.3) is 0 Å². The number of hydrogen-bond donors (Lipinski definition) is 0. The summed E-state index contributed by atoms with van der Waals surface area (Å²) in [5.74, 6) is 0. The van der Waals surface area contributed by atoms with Gasteiger partial charge in [-0.1, -0.05) is 13.8 Å². The Morgan fingerprint density at radius 3 is 1.76 bits per heavy atom. The summed E-state index contributed by atoms with van der Waals surface area (Å²) in [4.78, 5) is 7.49. The monoisotopic (exact) mass is 357 g/mol. The van der Waals surface area contributed by atoms with Gasteiger partial charge in [0.25, 0.3) is 0 Å². The number of nitrogens with zero attached hydrogens (tertiary/aromatic N) is 3. The van der Waals surface area contributed by atoms with Gasteiger partial charge in [-0.15, -0.1) is 0 Å². The summed E-state index contributed by atoms with van der Waals surface area (Å²) in [5.41, 5.74) is -0.206. The highest BCUT2D eigenvalue weighted by Gasteiger charge is 2.25. The van der Waals surface area contributed by atoms with Crippen molar-refractivity contribution in [2.45, 2.75) is 79.2 Å². The molecule has 0 aromatic carbocycles. The molecule has 1 atom stereocenters. The molecular formula is C20H43N3O2. The molecule has 0 saturated carbocycles. The van der Waals surface area contributed by atoms with Crippen LogP contribution >= 0.6 is 0 Å². The van der Waals surface area contributed by atoms with Crippen molar-refractivity contribution in [2.75, 3.05) is 52.5 Å². The average Bonchev–Trinajstić information content (AvgIpc) is 2.59. The normalized spacial score (nSPS) is 21.6. The van der Waals surface area contributed by atoms with Gasteiger partial charge in [-0.2, -0.15) is 0 Å². The first-order chi connectivity index (χ1) is 11.5. The molecule has 1 aliphatic rings. The summed E-state index contributed by atoms with van der Waals surface area (Å²) in [6.07, 6.45) is 1.20. The summed E-state index contributed by atoms with van der Waals surface area (Å²) in [6.45, 7) is 25.5. The van der Waals surface area contributed by atoms with Crippen LogP contribution in [0.5, 0.6) is 0 Å². The van der Waals surface area contributed by atoms with Crippen molar-refractivity contribution in [1.82, 2.24) is 14.7 Å². The molecule has 0 aromatic heterocycles. The van der Waals surface area contributed by atoms with Gasteiger partial charge in [-0.25, -0.2) is 0 Å². The standard InChI is InChI=1S/C20H43N3O2/c1-9-18(25-20(6,7)8)23-15-13-21(10-2)11-12-22(14-16-23)17-24-19(3,4)5/h18H,9-17H2,1-8H3. The molecule has 150 valence electrons. The second-order valence-corrected chi connectivity index (χ2v) is 9.07. The summed E-state index contributed by atoms with van der Waals surface area (Å²) < 4.78 is 12.4. The summed E-state index contributed by atoms with van der Waals surface area (Å²) in [5, 5.41) is 0. The maximum atomic E-state index is 6.34. The Hall–Kier alpha value is -0.200. The van der Waals surface area contributed by atoms with E-state index in [0.29, 0.717) is 6.73 Å². The molecular weight excluding hydrogens is 314 g/mol. The smallest absolute Gasteiger partial charge is 0.111 e. The van der Waals surface area contributed by atoms with E-state index in [0.717, 1.165) is 52.2 Å². The van der Waals surface area contributed by atoms with Crippen LogP contribution in [-0.2, 0) is 9.47 Å². The van der Waals surface area contributed by atoms with Gasteiger partial charge < -0.3 is 14.4 Å². The fourth-order valence-corrected chi connectivity index (χ4v) is 3.00. The minimum atomic E-state index is -0.113. The molecule has 5 nitrogen and oxygen atoms in total. The summed E-state index contributed by atoms with van der Waals surface area (Å²) in [7, 11) is 0. The minimum absolute atomic E-state index is 0.0934. The molecule has 1 fully saturated rings. The third kappa shape index (κ3) is 9.90. The summed E-state index contributed by atoms with van der Waals surface area (Å²) >= 11 is 0. The van der Waals surface area contributed by atoms with Crippen LogP contribution in [0.4, 0.5) is 0 Å². The Morgan fingerprint density at radius 1 is 0.760 bits per heavy atom. The van der Waals surface area contributed by atoms with Gasteiger partial charge >= 0.3 is 0 Å². The Kier molecular flexibility index (Phi) is 9.33. The molecule has 0 bridgehead atoms. The van der Waals surface area contributed by atoms with Crippen molar-refractivity contribution >= 4 is 0 Å². The summed E-state index contributed by atoms with van der Waals surface area (Å²) in [6, 6.07) is 0. The largest absolute Gasteiger partial charge is 0.360 e. The number of ether oxygens (including phenoxy) is 2. The van der Waals surface area contributed by atoms with Crippen LogP contribution in [0.3, 0.4) is 0 Å². The third-order valence-electron chi connectivity index (χ3n) is 4.51. The fraction of sp³-hybridized carbons (Fsp3) is 1.00. The van der Waals surface area contributed by atoms with E-state index in [-0.39, 0.29) is 17.4 Å². The lowest BCUT2D eigenvalue weighted by atomic mass is 10.2. The van der Waals surface area contributed by atoms with Crippen molar-refractivity contribution in [1.29, 1.82) is 0 Å². The minimum Gasteiger partial charge on any atom is -0.360 e. The highest BCUT2D eigenvalue weighted by Crippen LogP contribution is 2.17. The second-order valence-electron chi connectivity index (χ2n) is 9.07. The SMILES string of the molecule is CCC(OC(C)(C)C)N1CCN(CC)CCN(COC(C)(C)C)CC1. The lowest BCUT2D eigenvalue weighted by Gasteiger charge is -2.36. The highest BCUT2D eigenvalue weighted by molar-refractivity contribution is 4.74. The van der Waals surface area contributed by atoms with E-state index >= 15 is 0 Å². The van der Waals surface area contributed by atoms with Gasteiger partial charge in [0.1, 0.15) is 6.23 Å². The molecule has 0 radical (unpaired) electrons. The molecule has 0 aromatic rings. The van der Waals surface area contributed by atoms with E-state index < -0.39 is 0 Å². The lowest BCUT2D eigenvalue weighted by Crippen LogP contribution is -2.46. The van der Waals surface area contributed by atoms with Crippen LogP contribution in [0.2, 0.25) is 0 Å². The van der Waals surface area contributed by atoms with Gasteiger partial charge in [0, 0.05) is 39.3 Å². The first kappa shape index (κ1) is 22.8. The number of rotatable bonds is 6. The zero-order valence-corrected chi connectivity index (χ0v) is 18.1. The van der Waals surface area contributed by atoms with E-state index in [2.05, 4.69) is 70.1 Å². The molecule has 0 aliphatic carbocycles. The van der Waals surface area contributed by atoms with Crippen molar-refractivity contribution in [3.05, 3.63) is 0 Å². The van der Waals surface area contributed by atoms with Crippen LogP contribution in [0.1, 0.15) is 61.8 Å². The topological polar surface area (TPSA) is 28.2 Å². The quantitative estimate of drug-likeness (QED) is 0.728. The van der Waals surface area contributed by atoms with E-state index in [4.69, 9.17) is 9.47 Å². The zero-order chi connectivity index (χ0) is 19.1. The fourth-order valence-electron chi connectivity index (χ4n) is 3.00. The maximum absolute atomic E-state index is 6.34. The lowest BCUT2D eigenvalue weighted by molar-refractivity contribution is -0.137.